The maximum Gasteiger partial charge on any atom is 0.191 e. The van der Waals surface area contributed by atoms with Crippen LogP contribution in [0.1, 0.15) is 34.6 Å². The Morgan fingerprint density at radius 1 is 1.37 bits per heavy atom. The Morgan fingerprint density at radius 2 is 2.00 bits per heavy atom. The molecule has 0 amide bonds. The monoisotopic (exact) mass is 270 g/mol. The third-order valence-corrected chi connectivity index (χ3v) is 3.52. The van der Waals surface area contributed by atoms with Gasteiger partial charge in [-0.3, -0.25) is 9.89 Å². The molecule has 0 bridgehead atoms. The van der Waals surface area contributed by atoms with Gasteiger partial charge in [-0.15, -0.1) is 0 Å². The second-order valence-electron chi connectivity index (χ2n) is 5.79. The SMILES string of the molecule is CC1CN(C(N)=NCCN(C(C)C)C(C)C)CCO1. The van der Waals surface area contributed by atoms with Crippen molar-refractivity contribution >= 4 is 5.96 Å². The van der Waals surface area contributed by atoms with E-state index in [1.165, 1.54) is 0 Å². The molecule has 2 N–H and O–H groups in total. The number of guanidine groups is 1. The molecule has 1 aliphatic rings. The van der Waals surface area contributed by atoms with Crippen molar-refractivity contribution in [3.63, 3.8) is 0 Å². The van der Waals surface area contributed by atoms with Crippen LogP contribution in [0.4, 0.5) is 0 Å². The average molecular weight is 270 g/mol. The molecule has 1 unspecified atom stereocenters. The zero-order valence-electron chi connectivity index (χ0n) is 13.1. The number of hydrogen-bond donors (Lipinski definition) is 1. The lowest BCUT2D eigenvalue weighted by Gasteiger charge is -2.32. The lowest BCUT2D eigenvalue weighted by molar-refractivity contribution is 0.00528. The van der Waals surface area contributed by atoms with Gasteiger partial charge in [0.05, 0.1) is 19.3 Å². The maximum atomic E-state index is 6.05. The molecule has 0 radical (unpaired) electrons. The highest BCUT2D eigenvalue weighted by Gasteiger charge is 2.18. The molecule has 112 valence electrons. The predicted octanol–water partition coefficient (Wildman–Crippen LogP) is 1.14. The van der Waals surface area contributed by atoms with Gasteiger partial charge in [-0.25, -0.2) is 0 Å². The first kappa shape index (κ1) is 16.2. The van der Waals surface area contributed by atoms with Gasteiger partial charge < -0.3 is 15.4 Å². The topological polar surface area (TPSA) is 54.1 Å². The Labute approximate surface area is 117 Å². The van der Waals surface area contributed by atoms with E-state index in [1.807, 2.05) is 0 Å². The van der Waals surface area contributed by atoms with Crippen molar-refractivity contribution in [3.8, 4) is 0 Å². The summed E-state index contributed by atoms with van der Waals surface area (Å²) in [6.07, 6.45) is 0.241. The Kier molecular flexibility index (Phi) is 6.58. The highest BCUT2D eigenvalue weighted by molar-refractivity contribution is 5.78. The number of aliphatic imine (C=N–C) groups is 1. The van der Waals surface area contributed by atoms with E-state index in [1.54, 1.807) is 0 Å². The number of nitrogens with two attached hydrogens (primary N) is 1. The molecule has 0 aliphatic carbocycles. The summed E-state index contributed by atoms with van der Waals surface area (Å²) in [6, 6.07) is 1.08. The van der Waals surface area contributed by atoms with E-state index in [4.69, 9.17) is 10.5 Å². The van der Waals surface area contributed by atoms with Gasteiger partial charge >= 0.3 is 0 Å². The summed E-state index contributed by atoms with van der Waals surface area (Å²) >= 11 is 0. The van der Waals surface area contributed by atoms with Crippen molar-refractivity contribution in [3.05, 3.63) is 0 Å². The van der Waals surface area contributed by atoms with Crippen LogP contribution in [0, 0.1) is 0 Å². The van der Waals surface area contributed by atoms with E-state index in [9.17, 15) is 0 Å². The molecular weight excluding hydrogens is 240 g/mol. The molecule has 1 aliphatic heterocycles. The van der Waals surface area contributed by atoms with E-state index in [-0.39, 0.29) is 6.10 Å². The van der Waals surface area contributed by atoms with Crippen LogP contribution >= 0.6 is 0 Å². The highest BCUT2D eigenvalue weighted by Crippen LogP contribution is 2.05. The van der Waals surface area contributed by atoms with Crippen molar-refractivity contribution in [2.24, 2.45) is 10.7 Å². The minimum absolute atomic E-state index is 0.241. The first-order valence-electron chi connectivity index (χ1n) is 7.34. The second kappa shape index (κ2) is 7.70. The Balaban J connectivity index is 2.42. The van der Waals surface area contributed by atoms with E-state index in [0.717, 1.165) is 32.8 Å². The summed E-state index contributed by atoms with van der Waals surface area (Å²) in [5, 5.41) is 0. The molecule has 0 aromatic heterocycles. The van der Waals surface area contributed by atoms with Crippen molar-refractivity contribution in [1.29, 1.82) is 0 Å². The Hall–Kier alpha value is -0.810. The number of ether oxygens (including phenoxy) is 1. The van der Waals surface area contributed by atoms with Gasteiger partial charge in [0.1, 0.15) is 0 Å². The van der Waals surface area contributed by atoms with Gasteiger partial charge in [0, 0.05) is 31.7 Å². The molecule has 5 nitrogen and oxygen atoms in total. The number of nitrogens with zero attached hydrogens (tertiary/aromatic N) is 3. The largest absolute Gasteiger partial charge is 0.375 e. The summed E-state index contributed by atoms with van der Waals surface area (Å²) in [5.74, 6) is 0.655. The zero-order valence-corrected chi connectivity index (χ0v) is 13.1. The van der Waals surface area contributed by atoms with E-state index >= 15 is 0 Å². The smallest absolute Gasteiger partial charge is 0.191 e. The first-order chi connectivity index (χ1) is 8.91. The van der Waals surface area contributed by atoms with Gasteiger partial charge in [-0.05, 0) is 34.6 Å². The van der Waals surface area contributed by atoms with Crippen molar-refractivity contribution in [2.75, 3.05) is 32.8 Å². The molecule has 1 heterocycles. The number of morpholine rings is 1. The minimum Gasteiger partial charge on any atom is -0.375 e. The van der Waals surface area contributed by atoms with Gasteiger partial charge in [-0.1, -0.05) is 0 Å². The van der Waals surface area contributed by atoms with Gasteiger partial charge in [0.25, 0.3) is 0 Å². The van der Waals surface area contributed by atoms with Gasteiger partial charge in [0.15, 0.2) is 5.96 Å². The summed E-state index contributed by atoms with van der Waals surface area (Å²) in [5.41, 5.74) is 6.05. The molecule has 1 fully saturated rings. The fourth-order valence-electron chi connectivity index (χ4n) is 2.52. The second-order valence-corrected chi connectivity index (χ2v) is 5.79. The standard InChI is InChI=1S/C14H30N4O/c1-11(2)18(12(3)4)7-6-16-14(15)17-8-9-19-13(5)10-17/h11-13H,6-10H2,1-5H3,(H2,15,16). The molecule has 5 heteroatoms. The van der Waals surface area contributed by atoms with Crippen LogP contribution < -0.4 is 5.73 Å². The van der Waals surface area contributed by atoms with Crippen LogP contribution in [0.3, 0.4) is 0 Å². The lowest BCUT2D eigenvalue weighted by atomic mass is 10.2. The molecule has 1 rings (SSSR count). The molecule has 0 aromatic rings. The molecule has 0 aromatic carbocycles. The van der Waals surface area contributed by atoms with E-state index in [2.05, 4.69) is 49.4 Å². The Bertz CT molecular complexity index is 283. The first-order valence-corrected chi connectivity index (χ1v) is 7.34. The fourth-order valence-corrected chi connectivity index (χ4v) is 2.52. The quantitative estimate of drug-likeness (QED) is 0.601. The number of hydrogen-bond acceptors (Lipinski definition) is 3. The van der Waals surface area contributed by atoms with Crippen LogP contribution in [0.15, 0.2) is 4.99 Å². The Morgan fingerprint density at radius 3 is 2.53 bits per heavy atom. The molecule has 1 atom stereocenters. The molecule has 1 saturated heterocycles. The third kappa shape index (κ3) is 5.37. The molecule has 19 heavy (non-hydrogen) atoms. The maximum absolute atomic E-state index is 6.05. The zero-order chi connectivity index (χ0) is 14.4. The summed E-state index contributed by atoms with van der Waals surface area (Å²) in [6.45, 7) is 15.1. The van der Waals surface area contributed by atoms with Crippen molar-refractivity contribution in [2.45, 2.75) is 52.8 Å². The molecular formula is C14H30N4O. The van der Waals surface area contributed by atoms with Crippen LogP contribution in [-0.4, -0.2) is 66.7 Å². The fraction of sp³-hybridized carbons (Fsp3) is 0.929. The summed E-state index contributed by atoms with van der Waals surface area (Å²) < 4.78 is 5.50. The highest BCUT2D eigenvalue weighted by atomic mass is 16.5. The predicted molar refractivity (Wildman–Crippen MR) is 80.5 cm³/mol. The van der Waals surface area contributed by atoms with E-state index < -0.39 is 0 Å². The van der Waals surface area contributed by atoms with Gasteiger partial charge in [-0.2, -0.15) is 0 Å². The third-order valence-electron chi connectivity index (χ3n) is 3.52. The van der Waals surface area contributed by atoms with E-state index in [0.29, 0.717) is 18.0 Å². The van der Waals surface area contributed by atoms with Crippen LogP contribution in [0.25, 0.3) is 0 Å². The van der Waals surface area contributed by atoms with Gasteiger partial charge in [0.2, 0.25) is 0 Å². The normalized spacial score (nSPS) is 21.8. The molecule has 0 spiro atoms. The van der Waals surface area contributed by atoms with Crippen LogP contribution in [0.5, 0.6) is 0 Å². The average Bonchev–Trinajstić information content (AvgIpc) is 2.33. The van der Waals surface area contributed by atoms with Crippen molar-refractivity contribution in [1.82, 2.24) is 9.80 Å². The minimum atomic E-state index is 0.241. The molecule has 0 saturated carbocycles. The lowest BCUT2D eigenvalue weighted by Crippen LogP contribution is -2.48. The summed E-state index contributed by atoms with van der Waals surface area (Å²) in [7, 11) is 0. The van der Waals surface area contributed by atoms with Crippen molar-refractivity contribution < 1.29 is 4.74 Å². The van der Waals surface area contributed by atoms with Crippen LogP contribution in [-0.2, 0) is 4.74 Å². The number of rotatable bonds is 5. The summed E-state index contributed by atoms with van der Waals surface area (Å²) in [4.78, 5) is 9.05. The van der Waals surface area contributed by atoms with Crippen LogP contribution in [0.2, 0.25) is 0 Å².